The van der Waals surface area contributed by atoms with E-state index in [1.807, 2.05) is 32.9 Å². The number of carbonyl (C=O) groups excluding carboxylic acids is 1. The van der Waals surface area contributed by atoms with Gasteiger partial charge in [-0.3, -0.25) is 4.79 Å². The molecule has 1 aliphatic carbocycles. The number of nitrogens with one attached hydrogen (secondary N) is 1. The molecule has 1 aromatic heterocycles. The van der Waals surface area contributed by atoms with Crippen LogP contribution in [-0.2, 0) is 16.6 Å². The van der Waals surface area contributed by atoms with Crippen molar-refractivity contribution in [3.63, 3.8) is 0 Å². The van der Waals surface area contributed by atoms with Gasteiger partial charge in [0.2, 0.25) is 10.0 Å². The Hall–Kier alpha value is -2.12. The highest BCUT2D eigenvalue weighted by molar-refractivity contribution is 7.89. The molecule has 1 aromatic carbocycles. The smallest absolute Gasteiger partial charge is 0.254 e. The van der Waals surface area contributed by atoms with E-state index in [9.17, 15) is 13.2 Å². The molecule has 1 heterocycles. The summed E-state index contributed by atoms with van der Waals surface area (Å²) in [5.41, 5.74) is 0.451. The number of nitrogens with zero attached hydrogens (tertiary/aromatic N) is 1. The van der Waals surface area contributed by atoms with E-state index in [4.69, 9.17) is 4.42 Å². The highest BCUT2D eigenvalue weighted by Crippen LogP contribution is 2.23. The van der Waals surface area contributed by atoms with Crippen molar-refractivity contribution < 1.29 is 17.6 Å². The standard InChI is InChI=1S/C19H24N2O4S/c1-13(2)21(12-17-9-4-14(3)25-17)19(22)15-5-10-18(11-6-15)26(23,24)20-16-7-8-16/h4-6,9-11,13,16,20H,7-8,12H2,1-3H3. The van der Waals surface area contributed by atoms with Crippen molar-refractivity contribution in [2.24, 2.45) is 0 Å². The summed E-state index contributed by atoms with van der Waals surface area (Å²) in [6.07, 6.45) is 1.76. The van der Waals surface area contributed by atoms with Crippen LogP contribution >= 0.6 is 0 Å². The zero-order valence-electron chi connectivity index (χ0n) is 15.2. The molecule has 1 fully saturated rings. The van der Waals surface area contributed by atoms with Crippen molar-refractivity contribution in [2.75, 3.05) is 0 Å². The third-order valence-corrected chi connectivity index (χ3v) is 5.85. The summed E-state index contributed by atoms with van der Waals surface area (Å²) in [5, 5.41) is 0. The molecule has 0 atom stereocenters. The Labute approximate surface area is 154 Å². The highest BCUT2D eigenvalue weighted by atomic mass is 32.2. The quantitative estimate of drug-likeness (QED) is 0.805. The van der Waals surface area contributed by atoms with Crippen LogP contribution < -0.4 is 4.72 Å². The Morgan fingerprint density at radius 3 is 2.35 bits per heavy atom. The van der Waals surface area contributed by atoms with Crippen molar-refractivity contribution in [3.8, 4) is 0 Å². The van der Waals surface area contributed by atoms with Gasteiger partial charge in [0.05, 0.1) is 11.4 Å². The second kappa shape index (κ2) is 7.25. The largest absolute Gasteiger partial charge is 0.464 e. The Bertz CT molecular complexity index is 881. The molecule has 0 spiro atoms. The number of rotatable bonds is 7. The molecule has 7 heteroatoms. The van der Waals surface area contributed by atoms with Crippen LogP contribution in [0.4, 0.5) is 0 Å². The second-order valence-electron chi connectivity index (χ2n) is 6.96. The summed E-state index contributed by atoms with van der Waals surface area (Å²) < 4.78 is 32.7. The van der Waals surface area contributed by atoms with Crippen LogP contribution in [0.1, 0.15) is 48.6 Å². The number of benzene rings is 1. The van der Waals surface area contributed by atoms with E-state index in [1.165, 1.54) is 12.1 Å². The molecule has 2 aromatic rings. The van der Waals surface area contributed by atoms with E-state index in [0.717, 1.165) is 24.4 Å². The lowest BCUT2D eigenvalue weighted by atomic mass is 10.1. The minimum atomic E-state index is -3.51. The number of hydrogen-bond donors (Lipinski definition) is 1. The maximum absolute atomic E-state index is 12.9. The normalized spacial score (nSPS) is 14.6. The molecular weight excluding hydrogens is 352 g/mol. The molecule has 6 nitrogen and oxygen atoms in total. The Morgan fingerprint density at radius 1 is 1.19 bits per heavy atom. The minimum absolute atomic E-state index is 0.0205. The Morgan fingerprint density at radius 2 is 1.85 bits per heavy atom. The van der Waals surface area contributed by atoms with E-state index < -0.39 is 10.0 Å². The van der Waals surface area contributed by atoms with Gasteiger partial charge in [-0.25, -0.2) is 13.1 Å². The number of aryl methyl sites for hydroxylation is 1. The van der Waals surface area contributed by atoms with Gasteiger partial charge >= 0.3 is 0 Å². The van der Waals surface area contributed by atoms with Gasteiger partial charge in [-0.1, -0.05) is 0 Å². The SMILES string of the molecule is Cc1ccc(CN(C(=O)c2ccc(S(=O)(=O)NC3CC3)cc2)C(C)C)o1. The fourth-order valence-electron chi connectivity index (χ4n) is 2.66. The molecule has 0 aliphatic heterocycles. The van der Waals surface area contributed by atoms with Gasteiger partial charge < -0.3 is 9.32 Å². The van der Waals surface area contributed by atoms with Crippen molar-refractivity contribution >= 4 is 15.9 Å². The van der Waals surface area contributed by atoms with Gasteiger partial charge in [0, 0.05) is 17.6 Å². The fraction of sp³-hybridized carbons (Fsp3) is 0.421. The maximum atomic E-state index is 12.9. The van der Waals surface area contributed by atoms with Crippen LogP contribution in [0.15, 0.2) is 45.7 Å². The predicted octanol–water partition coefficient (Wildman–Crippen LogP) is 3.08. The van der Waals surface area contributed by atoms with Crippen molar-refractivity contribution in [2.45, 2.75) is 57.1 Å². The average molecular weight is 376 g/mol. The summed E-state index contributed by atoms with van der Waals surface area (Å²) in [5.74, 6) is 1.36. The van der Waals surface area contributed by atoms with E-state index >= 15 is 0 Å². The monoisotopic (exact) mass is 376 g/mol. The number of sulfonamides is 1. The van der Waals surface area contributed by atoms with Crippen molar-refractivity contribution in [3.05, 3.63) is 53.5 Å². The lowest BCUT2D eigenvalue weighted by molar-refractivity contribution is 0.0675. The summed E-state index contributed by atoms with van der Waals surface area (Å²) >= 11 is 0. The molecule has 0 bridgehead atoms. The van der Waals surface area contributed by atoms with Crippen molar-refractivity contribution in [1.29, 1.82) is 0 Å². The number of amides is 1. The Balaban J connectivity index is 1.76. The maximum Gasteiger partial charge on any atom is 0.254 e. The summed E-state index contributed by atoms with van der Waals surface area (Å²) in [7, 11) is -3.51. The summed E-state index contributed by atoms with van der Waals surface area (Å²) in [6, 6.07) is 9.84. The summed E-state index contributed by atoms with van der Waals surface area (Å²) in [4.78, 5) is 14.7. The molecule has 0 unspecified atom stereocenters. The van der Waals surface area contributed by atoms with Crippen LogP contribution in [0.2, 0.25) is 0 Å². The third kappa shape index (κ3) is 4.34. The fourth-order valence-corrected chi connectivity index (χ4v) is 3.96. The van der Waals surface area contributed by atoms with Gasteiger partial charge in [-0.05, 0) is 70.0 Å². The highest BCUT2D eigenvalue weighted by Gasteiger charge is 2.28. The minimum Gasteiger partial charge on any atom is -0.464 e. The molecule has 1 amide bonds. The molecule has 0 radical (unpaired) electrons. The topological polar surface area (TPSA) is 79.6 Å². The average Bonchev–Trinajstić information content (AvgIpc) is 3.30. The first-order valence-corrected chi connectivity index (χ1v) is 10.2. The predicted molar refractivity (Wildman–Crippen MR) is 98.2 cm³/mol. The first kappa shape index (κ1) is 18.7. The van der Waals surface area contributed by atoms with Gasteiger partial charge in [-0.15, -0.1) is 0 Å². The van der Waals surface area contributed by atoms with E-state index in [0.29, 0.717) is 12.1 Å². The zero-order valence-corrected chi connectivity index (χ0v) is 16.0. The zero-order chi connectivity index (χ0) is 18.9. The summed E-state index contributed by atoms with van der Waals surface area (Å²) in [6.45, 7) is 6.10. The number of furan rings is 1. The number of hydrogen-bond acceptors (Lipinski definition) is 4. The van der Waals surface area contributed by atoms with Crippen LogP contribution in [-0.4, -0.2) is 31.3 Å². The van der Waals surface area contributed by atoms with Crippen LogP contribution in [0, 0.1) is 6.92 Å². The van der Waals surface area contributed by atoms with Crippen LogP contribution in [0.3, 0.4) is 0 Å². The van der Waals surface area contributed by atoms with Crippen molar-refractivity contribution in [1.82, 2.24) is 9.62 Å². The van der Waals surface area contributed by atoms with Gasteiger partial charge in [0.1, 0.15) is 11.5 Å². The Kier molecular flexibility index (Phi) is 5.20. The molecule has 0 saturated heterocycles. The first-order valence-electron chi connectivity index (χ1n) is 8.75. The van der Waals surface area contributed by atoms with E-state index in [2.05, 4.69) is 4.72 Å². The molecule has 1 N–H and O–H groups in total. The molecule has 1 saturated carbocycles. The molecule has 26 heavy (non-hydrogen) atoms. The van der Waals surface area contributed by atoms with E-state index in [-0.39, 0.29) is 22.9 Å². The third-order valence-electron chi connectivity index (χ3n) is 4.32. The lowest BCUT2D eigenvalue weighted by Crippen LogP contribution is -2.36. The van der Waals surface area contributed by atoms with Gasteiger partial charge in [0.15, 0.2) is 0 Å². The first-order chi connectivity index (χ1) is 12.3. The molecule has 3 rings (SSSR count). The van der Waals surface area contributed by atoms with Crippen LogP contribution in [0.5, 0.6) is 0 Å². The lowest BCUT2D eigenvalue weighted by Gasteiger charge is -2.26. The van der Waals surface area contributed by atoms with Crippen LogP contribution in [0.25, 0.3) is 0 Å². The molecule has 1 aliphatic rings. The van der Waals surface area contributed by atoms with Gasteiger partial charge in [-0.2, -0.15) is 0 Å². The number of carbonyl (C=O) groups is 1. The van der Waals surface area contributed by atoms with Gasteiger partial charge in [0.25, 0.3) is 5.91 Å². The molecule has 140 valence electrons. The molecular formula is C19H24N2O4S. The van der Waals surface area contributed by atoms with E-state index in [1.54, 1.807) is 17.0 Å². The second-order valence-corrected chi connectivity index (χ2v) is 8.67.